The minimum absolute atomic E-state index is 0.832. The largest absolute Gasteiger partial charge is 0.473 e. The minimum atomic E-state index is -1.82. The molecule has 0 radical (unpaired) electrons. The Balaban J connectivity index is 0.000000409. The van der Waals surface area contributed by atoms with Crippen molar-refractivity contribution in [3.8, 4) is 0 Å². The van der Waals surface area contributed by atoms with Crippen LogP contribution in [0.3, 0.4) is 0 Å². The molecule has 6 heteroatoms. The third-order valence-corrected chi connectivity index (χ3v) is 5.81. The van der Waals surface area contributed by atoms with Crippen LogP contribution in [0.4, 0.5) is 0 Å². The Morgan fingerprint density at radius 3 is 2.04 bits per heavy atom. The van der Waals surface area contributed by atoms with E-state index in [1.165, 1.54) is 56.6 Å². The number of hydrogen-bond acceptors (Lipinski definition) is 4. The van der Waals surface area contributed by atoms with Crippen LogP contribution in [0, 0.1) is 18.8 Å². The molecule has 2 heterocycles. The summed E-state index contributed by atoms with van der Waals surface area (Å²) in [5, 5.41) is 14.8. The van der Waals surface area contributed by atoms with Crippen molar-refractivity contribution in [2.75, 3.05) is 26.2 Å². The monoisotopic (exact) mass is 390 g/mol. The molecule has 0 aliphatic carbocycles. The van der Waals surface area contributed by atoms with Crippen molar-refractivity contribution >= 4 is 11.9 Å². The molecule has 2 unspecified atom stereocenters. The summed E-state index contributed by atoms with van der Waals surface area (Å²) in [6, 6.07) is 9.67. The standard InChI is InChI=1S/C20H32N2.C2H2O4/c1-16-12-17(2)14-22(13-16)20-8-10-21(11-9-20)15-19-7-5-4-6-18(19)3;3-1(4)2(5)6/h4-7,16-17,20H,8-15H2,1-3H3;(H,3,4)(H,5,6). The Hall–Kier alpha value is -1.92. The summed E-state index contributed by atoms with van der Waals surface area (Å²) in [4.78, 5) is 23.6. The number of likely N-dealkylation sites (tertiary alicyclic amines) is 2. The van der Waals surface area contributed by atoms with Gasteiger partial charge in [0.05, 0.1) is 0 Å². The van der Waals surface area contributed by atoms with Gasteiger partial charge >= 0.3 is 11.9 Å². The summed E-state index contributed by atoms with van der Waals surface area (Å²) in [6.45, 7) is 13.4. The van der Waals surface area contributed by atoms with Gasteiger partial charge in [0.15, 0.2) is 0 Å². The number of rotatable bonds is 3. The normalized spacial score (nSPS) is 24.2. The highest BCUT2D eigenvalue weighted by molar-refractivity contribution is 6.27. The molecule has 3 rings (SSSR count). The molecule has 156 valence electrons. The molecule has 2 N–H and O–H groups in total. The average molecular weight is 391 g/mol. The zero-order valence-corrected chi connectivity index (χ0v) is 17.3. The van der Waals surface area contributed by atoms with E-state index in [1.807, 2.05) is 0 Å². The predicted molar refractivity (Wildman–Crippen MR) is 109 cm³/mol. The van der Waals surface area contributed by atoms with Crippen LogP contribution in [0.5, 0.6) is 0 Å². The Bertz CT molecular complexity index is 634. The van der Waals surface area contributed by atoms with Crippen LogP contribution in [0.25, 0.3) is 0 Å². The van der Waals surface area contributed by atoms with E-state index < -0.39 is 11.9 Å². The number of carboxylic acids is 2. The number of hydrogen-bond donors (Lipinski definition) is 2. The summed E-state index contributed by atoms with van der Waals surface area (Å²) in [5.74, 6) is -1.88. The molecule has 0 saturated carbocycles. The second-order valence-electron chi connectivity index (χ2n) is 8.44. The van der Waals surface area contributed by atoms with Crippen molar-refractivity contribution in [2.45, 2.75) is 52.6 Å². The summed E-state index contributed by atoms with van der Waals surface area (Å²) >= 11 is 0. The van der Waals surface area contributed by atoms with Gasteiger partial charge in [0.1, 0.15) is 0 Å². The molecule has 1 aromatic rings. The molecular formula is C22H34N2O4. The molecule has 0 spiro atoms. The van der Waals surface area contributed by atoms with Crippen molar-refractivity contribution in [1.29, 1.82) is 0 Å². The van der Waals surface area contributed by atoms with E-state index >= 15 is 0 Å². The molecule has 28 heavy (non-hydrogen) atoms. The van der Waals surface area contributed by atoms with Crippen LogP contribution in [0.1, 0.15) is 44.2 Å². The molecule has 1 aromatic carbocycles. The highest BCUT2D eigenvalue weighted by Crippen LogP contribution is 2.27. The summed E-state index contributed by atoms with van der Waals surface area (Å²) < 4.78 is 0. The Kier molecular flexibility index (Phi) is 8.45. The molecule has 0 bridgehead atoms. The zero-order valence-electron chi connectivity index (χ0n) is 17.3. The van der Waals surface area contributed by atoms with Crippen molar-refractivity contribution in [2.24, 2.45) is 11.8 Å². The van der Waals surface area contributed by atoms with Crippen molar-refractivity contribution in [1.82, 2.24) is 9.80 Å². The molecule has 0 amide bonds. The first-order chi connectivity index (χ1) is 13.3. The third-order valence-electron chi connectivity index (χ3n) is 5.81. The van der Waals surface area contributed by atoms with Gasteiger partial charge in [-0.25, -0.2) is 9.59 Å². The Labute approximate surface area is 168 Å². The zero-order chi connectivity index (χ0) is 20.7. The Morgan fingerprint density at radius 1 is 1.00 bits per heavy atom. The number of nitrogens with zero attached hydrogens (tertiary/aromatic N) is 2. The van der Waals surface area contributed by atoms with Gasteiger partial charge in [-0.2, -0.15) is 0 Å². The predicted octanol–water partition coefficient (Wildman–Crippen LogP) is 3.09. The first kappa shape index (κ1) is 22.4. The van der Waals surface area contributed by atoms with Gasteiger partial charge in [-0.15, -0.1) is 0 Å². The smallest absolute Gasteiger partial charge is 0.414 e. The second kappa shape index (κ2) is 10.6. The van der Waals surface area contributed by atoms with Crippen LogP contribution < -0.4 is 0 Å². The van der Waals surface area contributed by atoms with Crippen LogP contribution in [0.2, 0.25) is 0 Å². The van der Waals surface area contributed by atoms with E-state index in [2.05, 4.69) is 54.8 Å². The van der Waals surface area contributed by atoms with E-state index in [0.29, 0.717) is 0 Å². The number of benzene rings is 1. The van der Waals surface area contributed by atoms with Gasteiger partial charge in [-0.3, -0.25) is 9.80 Å². The highest BCUT2D eigenvalue weighted by atomic mass is 16.4. The van der Waals surface area contributed by atoms with E-state index in [-0.39, 0.29) is 0 Å². The highest BCUT2D eigenvalue weighted by Gasteiger charge is 2.29. The van der Waals surface area contributed by atoms with Crippen LogP contribution in [-0.2, 0) is 16.1 Å². The SMILES string of the molecule is Cc1ccccc1CN1CCC(N2CC(C)CC(C)C2)CC1.O=C(O)C(=O)O. The van der Waals surface area contributed by atoms with E-state index in [4.69, 9.17) is 19.8 Å². The molecule has 2 saturated heterocycles. The maximum atomic E-state index is 9.10. The second-order valence-corrected chi connectivity index (χ2v) is 8.44. The fraction of sp³-hybridized carbons (Fsp3) is 0.636. The van der Waals surface area contributed by atoms with Gasteiger partial charge in [0, 0.05) is 25.7 Å². The molecule has 2 atom stereocenters. The van der Waals surface area contributed by atoms with Crippen LogP contribution >= 0.6 is 0 Å². The first-order valence-corrected chi connectivity index (χ1v) is 10.2. The summed E-state index contributed by atoms with van der Waals surface area (Å²) in [5.41, 5.74) is 2.93. The fourth-order valence-electron chi connectivity index (χ4n) is 4.48. The van der Waals surface area contributed by atoms with E-state index in [0.717, 1.165) is 24.4 Å². The molecular weight excluding hydrogens is 356 g/mol. The summed E-state index contributed by atoms with van der Waals surface area (Å²) in [6.07, 6.45) is 4.12. The molecule has 2 aliphatic rings. The quantitative estimate of drug-likeness (QED) is 0.772. The van der Waals surface area contributed by atoms with Gasteiger partial charge in [-0.1, -0.05) is 38.1 Å². The van der Waals surface area contributed by atoms with E-state index in [9.17, 15) is 0 Å². The lowest BCUT2D eigenvalue weighted by Gasteiger charge is -2.43. The van der Waals surface area contributed by atoms with Crippen molar-refractivity contribution < 1.29 is 19.8 Å². The van der Waals surface area contributed by atoms with Gasteiger partial charge in [-0.05, 0) is 62.2 Å². The van der Waals surface area contributed by atoms with Gasteiger partial charge in [0.25, 0.3) is 0 Å². The van der Waals surface area contributed by atoms with E-state index in [1.54, 1.807) is 0 Å². The first-order valence-electron chi connectivity index (χ1n) is 10.2. The number of aryl methyl sites for hydroxylation is 1. The summed E-state index contributed by atoms with van der Waals surface area (Å²) in [7, 11) is 0. The van der Waals surface area contributed by atoms with Crippen molar-refractivity contribution in [3.63, 3.8) is 0 Å². The average Bonchev–Trinajstić information content (AvgIpc) is 2.64. The minimum Gasteiger partial charge on any atom is -0.473 e. The maximum absolute atomic E-state index is 9.10. The maximum Gasteiger partial charge on any atom is 0.414 e. The lowest BCUT2D eigenvalue weighted by atomic mass is 9.89. The molecule has 2 aliphatic heterocycles. The van der Waals surface area contributed by atoms with Crippen molar-refractivity contribution in [3.05, 3.63) is 35.4 Å². The number of carboxylic acid groups (broad SMARTS) is 2. The molecule has 6 nitrogen and oxygen atoms in total. The van der Waals surface area contributed by atoms with Crippen LogP contribution in [-0.4, -0.2) is 64.2 Å². The lowest BCUT2D eigenvalue weighted by molar-refractivity contribution is -0.159. The van der Waals surface area contributed by atoms with Gasteiger partial charge in [0.2, 0.25) is 0 Å². The third kappa shape index (κ3) is 6.91. The molecule has 2 fully saturated rings. The number of carbonyl (C=O) groups is 2. The Morgan fingerprint density at radius 2 is 1.54 bits per heavy atom. The lowest BCUT2D eigenvalue weighted by Crippen LogP contribution is -2.49. The number of aliphatic carboxylic acids is 2. The van der Waals surface area contributed by atoms with Gasteiger partial charge < -0.3 is 10.2 Å². The topological polar surface area (TPSA) is 81.1 Å². The molecule has 0 aromatic heterocycles. The fourth-order valence-corrected chi connectivity index (χ4v) is 4.48. The number of piperidine rings is 2. The van der Waals surface area contributed by atoms with Crippen LogP contribution in [0.15, 0.2) is 24.3 Å².